The molecule has 1 aromatic heterocycles. The molecular weight excluding hydrogens is 226 g/mol. The molecule has 5 nitrogen and oxygen atoms in total. The molecule has 0 radical (unpaired) electrons. The summed E-state index contributed by atoms with van der Waals surface area (Å²) in [6.07, 6.45) is 4.35. The fourth-order valence-corrected chi connectivity index (χ4v) is 2.31. The van der Waals surface area contributed by atoms with E-state index in [1.54, 1.807) is 0 Å². The van der Waals surface area contributed by atoms with Crippen molar-refractivity contribution in [2.45, 2.75) is 12.8 Å². The molecule has 100 valence electrons. The highest BCUT2D eigenvalue weighted by Gasteiger charge is 2.16. The van der Waals surface area contributed by atoms with Crippen molar-refractivity contribution in [3.8, 4) is 0 Å². The molecule has 2 heterocycles. The molecule has 0 saturated carbocycles. The van der Waals surface area contributed by atoms with E-state index in [1.807, 2.05) is 31.3 Å². The van der Waals surface area contributed by atoms with E-state index in [2.05, 4.69) is 27.2 Å². The molecule has 0 spiro atoms. The van der Waals surface area contributed by atoms with E-state index >= 15 is 0 Å². The Bertz CT molecular complexity index is 373. The first kappa shape index (κ1) is 13.1. The van der Waals surface area contributed by atoms with Crippen LogP contribution in [0.25, 0.3) is 0 Å². The van der Waals surface area contributed by atoms with E-state index in [9.17, 15) is 0 Å². The zero-order chi connectivity index (χ0) is 13.0. The number of piperidine rings is 1. The van der Waals surface area contributed by atoms with E-state index in [1.165, 1.54) is 12.8 Å². The van der Waals surface area contributed by atoms with E-state index in [0.717, 1.165) is 37.3 Å². The average Bonchev–Trinajstić information content (AvgIpc) is 2.40. The third kappa shape index (κ3) is 3.32. The maximum Gasteiger partial charge on any atom is 0.226 e. The van der Waals surface area contributed by atoms with Gasteiger partial charge in [0.2, 0.25) is 5.95 Å². The Morgan fingerprint density at radius 1 is 1.28 bits per heavy atom. The maximum absolute atomic E-state index is 4.56. The number of rotatable bonds is 4. The van der Waals surface area contributed by atoms with Crippen LogP contribution in [0, 0.1) is 5.92 Å². The van der Waals surface area contributed by atoms with Gasteiger partial charge in [-0.15, -0.1) is 0 Å². The molecule has 1 fully saturated rings. The predicted molar refractivity (Wildman–Crippen MR) is 75.2 cm³/mol. The van der Waals surface area contributed by atoms with E-state index < -0.39 is 0 Å². The zero-order valence-corrected chi connectivity index (χ0v) is 11.6. The number of hydrogen-bond acceptors (Lipinski definition) is 5. The van der Waals surface area contributed by atoms with Gasteiger partial charge in [-0.1, -0.05) is 0 Å². The smallest absolute Gasteiger partial charge is 0.226 e. The van der Waals surface area contributed by atoms with Gasteiger partial charge in [0, 0.05) is 33.9 Å². The van der Waals surface area contributed by atoms with Crippen molar-refractivity contribution in [3.63, 3.8) is 0 Å². The Balaban J connectivity index is 1.99. The fraction of sp³-hybridized carbons (Fsp3) is 0.692. The zero-order valence-electron chi connectivity index (χ0n) is 11.6. The monoisotopic (exact) mass is 249 g/mol. The summed E-state index contributed by atoms with van der Waals surface area (Å²) in [5, 5.41) is 3.40. The quantitative estimate of drug-likeness (QED) is 0.861. The lowest BCUT2D eigenvalue weighted by atomic mass is 9.98. The number of nitrogens with zero attached hydrogens (tertiary/aromatic N) is 4. The SMILES string of the molecule is CN(C)c1nccc(N(C)CC2CCNCC2)n1. The lowest BCUT2D eigenvalue weighted by molar-refractivity contribution is 0.377. The first-order valence-electron chi connectivity index (χ1n) is 6.59. The van der Waals surface area contributed by atoms with Gasteiger partial charge in [-0.25, -0.2) is 4.98 Å². The highest BCUT2D eigenvalue weighted by atomic mass is 15.3. The average molecular weight is 249 g/mol. The molecule has 0 unspecified atom stereocenters. The minimum Gasteiger partial charge on any atom is -0.359 e. The van der Waals surface area contributed by atoms with Crippen molar-refractivity contribution in [3.05, 3.63) is 12.3 Å². The number of aromatic nitrogens is 2. The van der Waals surface area contributed by atoms with Gasteiger partial charge in [0.1, 0.15) is 5.82 Å². The number of hydrogen-bond donors (Lipinski definition) is 1. The van der Waals surface area contributed by atoms with Crippen LogP contribution in [0.3, 0.4) is 0 Å². The Morgan fingerprint density at radius 2 is 2.00 bits per heavy atom. The normalized spacial score (nSPS) is 16.6. The predicted octanol–water partition coefficient (Wildman–Crippen LogP) is 0.978. The molecule has 1 aromatic rings. The second kappa shape index (κ2) is 6.00. The van der Waals surface area contributed by atoms with Gasteiger partial charge in [-0.05, 0) is 37.9 Å². The van der Waals surface area contributed by atoms with Gasteiger partial charge in [-0.2, -0.15) is 4.98 Å². The molecule has 0 aromatic carbocycles. The fourth-order valence-electron chi connectivity index (χ4n) is 2.31. The molecule has 1 aliphatic heterocycles. The second-order valence-electron chi connectivity index (χ2n) is 5.18. The lowest BCUT2D eigenvalue weighted by Crippen LogP contribution is -2.35. The summed E-state index contributed by atoms with van der Waals surface area (Å²) in [7, 11) is 6.04. The molecule has 5 heteroatoms. The molecule has 1 N–H and O–H groups in total. The van der Waals surface area contributed by atoms with Crippen LogP contribution >= 0.6 is 0 Å². The minimum absolute atomic E-state index is 0.768. The minimum atomic E-state index is 0.768. The largest absolute Gasteiger partial charge is 0.359 e. The summed E-state index contributed by atoms with van der Waals surface area (Å²) in [5.74, 6) is 2.55. The summed E-state index contributed by atoms with van der Waals surface area (Å²) in [4.78, 5) is 13.0. The highest BCUT2D eigenvalue weighted by Crippen LogP contribution is 2.17. The summed E-state index contributed by atoms with van der Waals surface area (Å²) >= 11 is 0. The van der Waals surface area contributed by atoms with Crippen LogP contribution in [0.1, 0.15) is 12.8 Å². The Hall–Kier alpha value is -1.36. The maximum atomic E-state index is 4.56. The van der Waals surface area contributed by atoms with Crippen molar-refractivity contribution in [2.75, 3.05) is 50.6 Å². The molecule has 1 saturated heterocycles. The Labute approximate surface area is 109 Å². The van der Waals surface area contributed by atoms with Crippen molar-refractivity contribution in [2.24, 2.45) is 5.92 Å². The molecular formula is C13H23N5. The van der Waals surface area contributed by atoms with Crippen LogP contribution in [0.15, 0.2) is 12.3 Å². The van der Waals surface area contributed by atoms with Crippen LogP contribution in [0.2, 0.25) is 0 Å². The van der Waals surface area contributed by atoms with Gasteiger partial charge in [-0.3, -0.25) is 0 Å². The molecule has 1 aliphatic rings. The van der Waals surface area contributed by atoms with Crippen LogP contribution < -0.4 is 15.1 Å². The third-order valence-corrected chi connectivity index (χ3v) is 3.41. The standard InChI is InChI=1S/C13H23N5/c1-17(2)13-15-9-6-12(16-13)18(3)10-11-4-7-14-8-5-11/h6,9,11,14H,4-5,7-8,10H2,1-3H3. The van der Waals surface area contributed by atoms with Gasteiger partial charge in [0.15, 0.2) is 0 Å². The van der Waals surface area contributed by atoms with Gasteiger partial charge >= 0.3 is 0 Å². The second-order valence-corrected chi connectivity index (χ2v) is 5.18. The van der Waals surface area contributed by atoms with Crippen molar-refractivity contribution in [1.82, 2.24) is 15.3 Å². The highest BCUT2D eigenvalue weighted by molar-refractivity contribution is 5.42. The summed E-state index contributed by atoms with van der Waals surface area (Å²) < 4.78 is 0. The lowest BCUT2D eigenvalue weighted by Gasteiger charge is -2.28. The molecule has 0 atom stereocenters. The summed E-state index contributed by atoms with van der Waals surface area (Å²) in [6, 6.07) is 1.98. The summed E-state index contributed by atoms with van der Waals surface area (Å²) in [5.41, 5.74) is 0. The first-order valence-corrected chi connectivity index (χ1v) is 6.59. The molecule has 0 amide bonds. The van der Waals surface area contributed by atoms with Gasteiger partial charge < -0.3 is 15.1 Å². The summed E-state index contributed by atoms with van der Waals surface area (Å²) in [6.45, 7) is 3.36. The van der Waals surface area contributed by atoms with Crippen molar-refractivity contribution < 1.29 is 0 Å². The van der Waals surface area contributed by atoms with Crippen LogP contribution in [0.4, 0.5) is 11.8 Å². The third-order valence-electron chi connectivity index (χ3n) is 3.41. The van der Waals surface area contributed by atoms with E-state index in [4.69, 9.17) is 0 Å². The molecule has 18 heavy (non-hydrogen) atoms. The number of nitrogens with one attached hydrogen (secondary N) is 1. The molecule has 2 rings (SSSR count). The van der Waals surface area contributed by atoms with Crippen molar-refractivity contribution in [1.29, 1.82) is 0 Å². The van der Waals surface area contributed by atoms with E-state index in [0.29, 0.717) is 0 Å². The Morgan fingerprint density at radius 3 is 2.67 bits per heavy atom. The first-order chi connectivity index (χ1) is 8.66. The van der Waals surface area contributed by atoms with Crippen LogP contribution in [-0.4, -0.2) is 50.7 Å². The van der Waals surface area contributed by atoms with Crippen LogP contribution in [-0.2, 0) is 0 Å². The van der Waals surface area contributed by atoms with E-state index in [-0.39, 0.29) is 0 Å². The topological polar surface area (TPSA) is 44.3 Å². The van der Waals surface area contributed by atoms with Gasteiger partial charge in [0.05, 0.1) is 0 Å². The molecule has 0 bridgehead atoms. The number of anilines is 2. The van der Waals surface area contributed by atoms with Gasteiger partial charge in [0.25, 0.3) is 0 Å². The molecule has 0 aliphatic carbocycles. The van der Waals surface area contributed by atoms with Crippen molar-refractivity contribution >= 4 is 11.8 Å². The Kier molecular flexibility index (Phi) is 4.36. The van der Waals surface area contributed by atoms with Crippen LogP contribution in [0.5, 0.6) is 0 Å².